The minimum Gasteiger partial charge on any atom is -0.393 e. The third-order valence-electron chi connectivity index (χ3n) is 4.25. The fourth-order valence-corrected chi connectivity index (χ4v) is 2.60. The van der Waals surface area contributed by atoms with E-state index in [9.17, 15) is 15.2 Å². The van der Waals surface area contributed by atoms with Gasteiger partial charge < -0.3 is 10.4 Å². The van der Waals surface area contributed by atoms with Crippen molar-refractivity contribution in [3.63, 3.8) is 0 Å². The smallest absolute Gasteiger partial charge is 0.240 e. The number of rotatable bonds is 5. The quantitative estimate of drug-likeness (QED) is 0.785. The zero-order chi connectivity index (χ0) is 13.6. The monoisotopic (exact) mass is 252 g/mol. The number of aliphatic hydroxyl groups is 1. The van der Waals surface area contributed by atoms with E-state index in [1.807, 2.05) is 13.8 Å². The van der Waals surface area contributed by atoms with Gasteiger partial charge in [-0.25, -0.2) is 0 Å². The second-order valence-corrected chi connectivity index (χ2v) is 5.22. The van der Waals surface area contributed by atoms with Crippen molar-refractivity contribution in [2.45, 2.75) is 58.5 Å². The summed E-state index contributed by atoms with van der Waals surface area (Å²) in [4.78, 5) is 12.1. The van der Waals surface area contributed by atoms with E-state index in [1.165, 1.54) is 0 Å². The molecule has 4 heteroatoms. The Labute approximate surface area is 109 Å². The van der Waals surface area contributed by atoms with Crippen LogP contribution < -0.4 is 5.32 Å². The van der Waals surface area contributed by atoms with Gasteiger partial charge >= 0.3 is 0 Å². The number of nitriles is 1. The largest absolute Gasteiger partial charge is 0.393 e. The predicted molar refractivity (Wildman–Crippen MR) is 69.6 cm³/mol. The molecule has 2 atom stereocenters. The van der Waals surface area contributed by atoms with Crippen molar-refractivity contribution in [1.82, 2.24) is 5.32 Å². The van der Waals surface area contributed by atoms with Crippen molar-refractivity contribution in [2.75, 3.05) is 6.54 Å². The first-order valence-corrected chi connectivity index (χ1v) is 6.97. The summed E-state index contributed by atoms with van der Waals surface area (Å²) < 4.78 is 0. The molecule has 0 saturated heterocycles. The van der Waals surface area contributed by atoms with Crippen molar-refractivity contribution >= 4 is 5.91 Å². The maximum atomic E-state index is 12.1. The Morgan fingerprint density at radius 3 is 2.50 bits per heavy atom. The Kier molecular flexibility index (Phi) is 5.61. The summed E-state index contributed by atoms with van der Waals surface area (Å²) in [6, 6.07) is 2.14. The number of aliphatic hydroxyl groups excluding tert-OH is 1. The first-order valence-electron chi connectivity index (χ1n) is 6.97. The van der Waals surface area contributed by atoms with Crippen LogP contribution in [0.15, 0.2) is 0 Å². The summed E-state index contributed by atoms with van der Waals surface area (Å²) in [5, 5.41) is 21.9. The summed E-state index contributed by atoms with van der Waals surface area (Å²) in [5.41, 5.74) is -0.903. The Balaban J connectivity index is 2.52. The predicted octanol–water partition coefficient (Wildman–Crippen LogP) is 1.98. The van der Waals surface area contributed by atoms with Gasteiger partial charge in [-0.1, -0.05) is 26.7 Å². The van der Waals surface area contributed by atoms with Crippen LogP contribution in [0.2, 0.25) is 0 Å². The Hall–Kier alpha value is -1.08. The van der Waals surface area contributed by atoms with Crippen molar-refractivity contribution in [3.8, 4) is 6.07 Å². The molecule has 0 radical (unpaired) electrons. The minimum absolute atomic E-state index is 0.146. The zero-order valence-corrected chi connectivity index (χ0v) is 11.4. The topological polar surface area (TPSA) is 73.1 Å². The van der Waals surface area contributed by atoms with Gasteiger partial charge in [-0.3, -0.25) is 4.79 Å². The van der Waals surface area contributed by atoms with E-state index < -0.39 is 5.41 Å². The van der Waals surface area contributed by atoms with Crippen LogP contribution in [0.3, 0.4) is 0 Å². The van der Waals surface area contributed by atoms with Crippen LogP contribution in [0.1, 0.15) is 52.4 Å². The summed E-state index contributed by atoms with van der Waals surface area (Å²) in [7, 11) is 0. The molecule has 102 valence electrons. The molecule has 1 amide bonds. The molecular weight excluding hydrogens is 228 g/mol. The van der Waals surface area contributed by atoms with Crippen LogP contribution in [0.4, 0.5) is 0 Å². The summed E-state index contributed by atoms with van der Waals surface area (Å²) in [6.07, 6.45) is 4.71. The van der Waals surface area contributed by atoms with Gasteiger partial charge in [0.15, 0.2) is 0 Å². The molecule has 18 heavy (non-hydrogen) atoms. The molecule has 1 saturated carbocycles. The van der Waals surface area contributed by atoms with Crippen LogP contribution in [0, 0.1) is 22.7 Å². The second kappa shape index (κ2) is 6.75. The number of nitrogens with zero attached hydrogens (tertiary/aromatic N) is 1. The van der Waals surface area contributed by atoms with Gasteiger partial charge in [0.1, 0.15) is 5.41 Å². The lowest BCUT2D eigenvalue weighted by Gasteiger charge is -2.29. The van der Waals surface area contributed by atoms with Gasteiger partial charge in [0.2, 0.25) is 5.91 Å². The van der Waals surface area contributed by atoms with Crippen molar-refractivity contribution < 1.29 is 9.90 Å². The fourth-order valence-electron chi connectivity index (χ4n) is 2.60. The number of carbonyl (C=O) groups excluding carboxylic acids is 1. The first-order chi connectivity index (χ1) is 8.59. The van der Waals surface area contributed by atoms with Crippen molar-refractivity contribution in [2.24, 2.45) is 11.3 Å². The van der Waals surface area contributed by atoms with Crippen molar-refractivity contribution in [1.29, 1.82) is 5.26 Å². The molecule has 0 aromatic rings. The van der Waals surface area contributed by atoms with Crippen LogP contribution in [0.25, 0.3) is 0 Å². The number of amides is 1. The van der Waals surface area contributed by atoms with Gasteiger partial charge in [0, 0.05) is 12.5 Å². The zero-order valence-electron chi connectivity index (χ0n) is 11.4. The highest BCUT2D eigenvalue weighted by Crippen LogP contribution is 2.27. The fraction of sp³-hybridized carbons (Fsp3) is 0.857. The lowest BCUT2D eigenvalue weighted by molar-refractivity contribution is -0.129. The van der Waals surface area contributed by atoms with Gasteiger partial charge in [-0.2, -0.15) is 5.26 Å². The van der Waals surface area contributed by atoms with E-state index in [0.717, 1.165) is 25.7 Å². The van der Waals surface area contributed by atoms with E-state index in [-0.39, 0.29) is 17.9 Å². The van der Waals surface area contributed by atoms with Crippen LogP contribution in [-0.2, 0) is 4.79 Å². The molecule has 0 aromatic heterocycles. The highest BCUT2D eigenvalue weighted by atomic mass is 16.3. The highest BCUT2D eigenvalue weighted by molar-refractivity contribution is 5.85. The molecule has 2 N–H and O–H groups in total. The lowest BCUT2D eigenvalue weighted by Crippen LogP contribution is -2.43. The molecule has 0 heterocycles. The molecule has 0 bridgehead atoms. The van der Waals surface area contributed by atoms with E-state index >= 15 is 0 Å². The third-order valence-corrected chi connectivity index (χ3v) is 4.25. The summed E-state index contributed by atoms with van der Waals surface area (Å²) in [6.45, 7) is 4.22. The number of hydrogen-bond acceptors (Lipinski definition) is 3. The Morgan fingerprint density at radius 1 is 1.39 bits per heavy atom. The van der Waals surface area contributed by atoms with E-state index in [2.05, 4.69) is 11.4 Å². The number of hydrogen-bond donors (Lipinski definition) is 2. The van der Waals surface area contributed by atoms with Gasteiger partial charge in [0.05, 0.1) is 12.2 Å². The minimum atomic E-state index is -0.903. The molecular formula is C14H24N2O2. The maximum Gasteiger partial charge on any atom is 0.240 e. The maximum absolute atomic E-state index is 12.1. The molecule has 1 fully saturated rings. The second-order valence-electron chi connectivity index (χ2n) is 5.22. The van der Waals surface area contributed by atoms with Crippen LogP contribution in [0.5, 0.6) is 0 Å². The van der Waals surface area contributed by atoms with Gasteiger partial charge in [0.25, 0.3) is 0 Å². The highest BCUT2D eigenvalue weighted by Gasteiger charge is 2.35. The third kappa shape index (κ3) is 3.23. The Morgan fingerprint density at radius 2 is 2.00 bits per heavy atom. The van der Waals surface area contributed by atoms with E-state index in [4.69, 9.17) is 0 Å². The standard InChI is InChI=1S/C14H24N2O2/c1-3-14(4-2,10-15)13(18)16-9-11-7-5-6-8-12(11)17/h11-12,17H,3-9H2,1-2H3,(H,16,18). The molecule has 0 spiro atoms. The van der Waals surface area contributed by atoms with Crippen LogP contribution >= 0.6 is 0 Å². The molecule has 1 aliphatic rings. The average Bonchev–Trinajstić information content (AvgIpc) is 2.40. The Bertz CT molecular complexity index is 318. The molecule has 4 nitrogen and oxygen atoms in total. The number of nitrogens with one attached hydrogen (secondary N) is 1. The van der Waals surface area contributed by atoms with Gasteiger partial charge in [-0.15, -0.1) is 0 Å². The summed E-state index contributed by atoms with van der Waals surface area (Å²) in [5.74, 6) is -0.0411. The van der Waals surface area contributed by atoms with Crippen LogP contribution in [-0.4, -0.2) is 23.7 Å². The molecule has 0 aliphatic heterocycles. The van der Waals surface area contributed by atoms with E-state index in [1.54, 1.807) is 0 Å². The molecule has 1 rings (SSSR count). The average molecular weight is 252 g/mol. The first kappa shape index (κ1) is 15.0. The van der Waals surface area contributed by atoms with Crippen molar-refractivity contribution in [3.05, 3.63) is 0 Å². The normalized spacial score (nSPS) is 24.3. The number of carbonyl (C=O) groups is 1. The SMILES string of the molecule is CCC(C#N)(CC)C(=O)NCC1CCCCC1O. The molecule has 1 aliphatic carbocycles. The van der Waals surface area contributed by atoms with Gasteiger partial charge in [-0.05, 0) is 25.7 Å². The van der Waals surface area contributed by atoms with E-state index in [0.29, 0.717) is 19.4 Å². The molecule has 0 aromatic carbocycles. The summed E-state index contributed by atoms with van der Waals surface area (Å²) >= 11 is 0. The lowest BCUT2D eigenvalue weighted by atomic mass is 9.82. The molecule has 2 unspecified atom stereocenters.